The van der Waals surface area contributed by atoms with Crippen LogP contribution in [0, 0.1) is 11.6 Å². The van der Waals surface area contributed by atoms with Crippen LogP contribution in [0.4, 0.5) is 22.0 Å². The highest BCUT2D eigenvalue weighted by atomic mass is 19.4. The van der Waals surface area contributed by atoms with Crippen molar-refractivity contribution in [2.24, 2.45) is 5.73 Å². The highest BCUT2D eigenvalue weighted by Crippen LogP contribution is 2.27. The third-order valence-corrected chi connectivity index (χ3v) is 2.75. The molecule has 1 unspecified atom stereocenters. The first kappa shape index (κ1) is 15.2. The SMILES string of the molecule is NC(c1cccc(OC(F)(F)F)c1)c1ccc(F)c(F)c1. The van der Waals surface area contributed by atoms with Gasteiger partial charge in [0, 0.05) is 0 Å². The second-order valence-electron chi connectivity index (χ2n) is 4.27. The maximum absolute atomic E-state index is 13.2. The van der Waals surface area contributed by atoms with Crippen LogP contribution in [0.15, 0.2) is 42.5 Å². The quantitative estimate of drug-likeness (QED) is 0.873. The molecule has 7 heteroatoms. The summed E-state index contributed by atoms with van der Waals surface area (Å²) in [4.78, 5) is 0. The van der Waals surface area contributed by atoms with Crippen molar-refractivity contribution in [3.8, 4) is 5.75 Å². The lowest BCUT2D eigenvalue weighted by Gasteiger charge is -2.15. The molecule has 2 aromatic rings. The van der Waals surface area contributed by atoms with E-state index >= 15 is 0 Å². The van der Waals surface area contributed by atoms with Crippen LogP contribution in [-0.2, 0) is 0 Å². The second kappa shape index (κ2) is 5.69. The Hall–Kier alpha value is -2.15. The molecule has 2 rings (SSSR count). The molecule has 1 atom stereocenters. The molecule has 21 heavy (non-hydrogen) atoms. The number of hydrogen-bond donors (Lipinski definition) is 1. The van der Waals surface area contributed by atoms with Gasteiger partial charge < -0.3 is 10.5 Å². The lowest BCUT2D eigenvalue weighted by molar-refractivity contribution is -0.274. The van der Waals surface area contributed by atoms with E-state index in [0.717, 1.165) is 24.3 Å². The third-order valence-electron chi connectivity index (χ3n) is 2.75. The van der Waals surface area contributed by atoms with E-state index in [2.05, 4.69) is 4.74 Å². The maximum Gasteiger partial charge on any atom is 0.573 e. The summed E-state index contributed by atoms with van der Waals surface area (Å²) in [6.45, 7) is 0. The lowest BCUT2D eigenvalue weighted by atomic mass is 9.99. The topological polar surface area (TPSA) is 35.2 Å². The van der Waals surface area contributed by atoms with Gasteiger partial charge in [0.25, 0.3) is 0 Å². The average molecular weight is 303 g/mol. The molecule has 0 heterocycles. The third kappa shape index (κ3) is 3.91. The fraction of sp³-hybridized carbons (Fsp3) is 0.143. The lowest BCUT2D eigenvalue weighted by Crippen LogP contribution is -2.18. The van der Waals surface area contributed by atoms with Crippen molar-refractivity contribution in [1.82, 2.24) is 0 Å². The van der Waals surface area contributed by atoms with Gasteiger partial charge in [-0.2, -0.15) is 0 Å². The predicted octanol–water partition coefficient (Wildman–Crippen LogP) is 3.91. The number of benzene rings is 2. The van der Waals surface area contributed by atoms with E-state index < -0.39 is 29.8 Å². The standard InChI is InChI=1S/C14H10F5NO/c15-11-5-4-9(7-12(11)16)13(20)8-2-1-3-10(6-8)21-14(17,18)19/h1-7,13H,20H2. The van der Waals surface area contributed by atoms with Crippen molar-refractivity contribution in [3.63, 3.8) is 0 Å². The first-order chi connectivity index (χ1) is 9.76. The van der Waals surface area contributed by atoms with Gasteiger partial charge in [-0.15, -0.1) is 13.2 Å². The van der Waals surface area contributed by atoms with Gasteiger partial charge in [-0.3, -0.25) is 0 Å². The summed E-state index contributed by atoms with van der Waals surface area (Å²) in [5, 5.41) is 0. The van der Waals surface area contributed by atoms with E-state index in [0.29, 0.717) is 0 Å². The highest BCUT2D eigenvalue weighted by molar-refractivity contribution is 5.36. The van der Waals surface area contributed by atoms with Crippen molar-refractivity contribution in [2.45, 2.75) is 12.4 Å². The van der Waals surface area contributed by atoms with E-state index in [1.54, 1.807) is 0 Å². The smallest absolute Gasteiger partial charge is 0.406 e. The molecule has 2 nitrogen and oxygen atoms in total. The van der Waals surface area contributed by atoms with Gasteiger partial charge in [0.2, 0.25) is 0 Å². The van der Waals surface area contributed by atoms with Crippen LogP contribution in [0.25, 0.3) is 0 Å². The molecule has 0 aliphatic heterocycles. The highest BCUT2D eigenvalue weighted by Gasteiger charge is 2.31. The number of rotatable bonds is 3. The Morgan fingerprint density at radius 3 is 2.19 bits per heavy atom. The van der Waals surface area contributed by atoms with Gasteiger partial charge in [-0.25, -0.2) is 8.78 Å². The monoisotopic (exact) mass is 303 g/mol. The summed E-state index contributed by atoms with van der Waals surface area (Å²) < 4.78 is 66.2. The van der Waals surface area contributed by atoms with Crippen LogP contribution < -0.4 is 10.5 Å². The molecule has 0 aliphatic carbocycles. The summed E-state index contributed by atoms with van der Waals surface area (Å²) in [6, 6.07) is 7.18. The van der Waals surface area contributed by atoms with Gasteiger partial charge in [0.15, 0.2) is 11.6 Å². The Morgan fingerprint density at radius 1 is 0.905 bits per heavy atom. The molecule has 2 N–H and O–H groups in total. The van der Waals surface area contributed by atoms with E-state index in [4.69, 9.17) is 5.73 Å². The molecule has 0 aliphatic rings. The molecule has 0 radical (unpaired) electrons. The Labute approximate surface area is 116 Å². The predicted molar refractivity (Wildman–Crippen MR) is 65.5 cm³/mol. The van der Waals surface area contributed by atoms with Crippen molar-refractivity contribution < 1.29 is 26.7 Å². The van der Waals surface area contributed by atoms with E-state index in [1.165, 1.54) is 18.2 Å². The summed E-state index contributed by atoms with van der Waals surface area (Å²) in [5.74, 6) is -2.54. The van der Waals surface area contributed by atoms with Crippen LogP contribution in [-0.4, -0.2) is 6.36 Å². The fourth-order valence-electron chi connectivity index (χ4n) is 1.80. The van der Waals surface area contributed by atoms with E-state index in [9.17, 15) is 22.0 Å². The van der Waals surface area contributed by atoms with E-state index in [1.807, 2.05) is 0 Å². The number of halogens is 5. The first-order valence-corrected chi connectivity index (χ1v) is 5.82. The molecule has 0 bridgehead atoms. The Balaban J connectivity index is 2.28. The minimum Gasteiger partial charge on any atom is -0.406 e. The average Bonchev–Trinajstić information content (AvgIpc) is 2.39. The maximum atomic E-state index is 13.2. The largest absolute Gasteiger partial charge is 0.573 e. The summed E-state index contributed by atoms with van der Waals surface area (Å²) >= 11 is 0. The second-order valence-corrected chi connectivity index (χ2v) is 4.27. The van der Waals surface area contributed by atoms with Crippen LogP contribution >= 0.6 is 0 Å². The zero-order valence-corrected chi connectivity index (χ0v) is 10.5. The van der Waals surface area contributed by atoms with Crippen LogP contribution in [0.5, 0.6) is 5.75 Å². The summed E-state index contributed by atoms with van der Waals surface area (Å²) in [7, 11) is 0. The first-order valence-electron chi connectivity index (χ1n) is 5.82. The molecular weight excluding hydrogens is 293 g/mol. The van der Waals surface area contributed by atoms with Gasteiger partial charge in [-0.05, 0) is 35.4 Å². The zero-order valence-electron chi connectivity index (χ0n) is 10.5. The van der Waals surface area contributed by atoms with Crippen molar-refractivity contribution in [1.29, 1.82) is 0 Å². The Morgan fingerprint density at radius 2 is 1.57 bits per heavy atom. The molecule has 2 aromatic carbocycles. The Kier molecular flexibility index (Phi) is 4.13. The van der Waals surface area contributed by atoms with Crippen molar-refractivity contribution >= 4 is 0 Å². The van der Waals surface area contributed by atoms with Crippen LogP contribution in [0.3, 0.4) is 0 Å². The fourth-order valence-corrected chi connectivity index (χ4v) is 1.80. The van der Waals surface area contributed by atoms with Crippen molar-refractivity contribution in [2.75, 3.05) is 0 Å². The minimum absolute atomic E-state index is 0.234. The van der Waals surface area contributed by atoms with Crippen molar-refractivity contribution in [3.05, 3.63) is 65.2 Å². The number of ether oxygens (including phenoxy) is 1. The van der Waals surface area contributed by atoms with Gasteiger partial charge in [0.1, 0.15) is 5.75 Å². The van der Waals surface area contributed by atoms with Gasteiger partial charge >= 0.3 is 6.36 Å². The minimum atomic E-state index is -4.81. The van der Waals surface area contributed by atoms with E-state index in [-0.39, 0.29) is 11.1 Å². The normalized spacial score (nSPS) is 13.0. The molecule has 0 fully saturated rings. The molecule has 0 saturated carbocycles. The van der Waals surface area contributed by atoms with Gasteiger partial charge in [-0.1, -0.05) is 18.2 Å². The van der Waals surface area contributed by atoms with Gasteiger partial charge in [0.05, 0.1) is 6.04 Å². The summed E-state index contributed by atoms with van der Waals surface area (Å²) in [6.07, 6.45) is -4.81. The molecular formula is C14H10F5NO. The molecule has 112 valence electrons. The molecule has 0 amide bonds. The molecule has 0 saturated heterocycles. The summed E-state index contributed by atoms with van der Waals surface area (Å²) in [5.41, 5.74) is 6.36. The van der Waals surface area contributed by atoms with Crippen LogP contribution in [0.2, 0.25) is 0 Å². The number of hydrogen-bond acceptors (Lipinski definition) is 2. The number of alkyl halides is 3. The van der Waals surface area contributed by atoms with Crippen LogP contribution in [0.1, 0.15) is 17.2 Å². The Bertz CT molecular complexity index is 642. The molecule has 0 aromatic heterocycles. The zero-order chi connectivity index (χ0) is 15.6. The number of nitrogens with two attached hydrogens (primary N) is 1. The molecule has 0 spiro atoms.